The van der Waals surface area contributed by atoms with Crippen LogP contribution in [0.2, 0.25) is 0 Å². The highest BCUT2D eigenvalue weighted by atomic mass is 16.5. The number of carboxylic acid groups (broad SMARTS) is 1. The summed E-state index contributed by atoms with van der Waals surface area (Å²) < 4.78 is 4.78. The van der Waals surface area contributed by atoms with Gasteiger partial charge in [0, 0.05) is 6.92 Å². The Kier molecular flexibility index (Phi) is 3.94. The van der Waals surface area contributed by atoms with Crippen molar-refractivity contribution in [2.45, 2.75) is 26.3 Å². The van der Waals surface area contributed by atoms with Crippen molar-refractivity contribution in [1.82, 2.24) is 15.5 Å². The van der Waals surface area contributed by atoms with E-state index in [1.807, 2.05) is 6.08 Å². The standard InChI is InChI=1S/C12H15N3O4/c1-7-14-10(15-19-7)6-13-11(16)8-4-2-3-5-9(8)12(17)18/h2-3,8-9H,4-6H2,1H3,(H,13,16)(H,17,18). The second kappa shape index (κ2) is 5.64. The van der Waals surface area contributed by atoms with Gasteiger partial charge in [0.15, 0.2) is 5.82 Å². The number of aryl methyl sites for hydroxylation is 1. The summed E-state index contributed by atoms with van der Waals surface area (Å²) in [6.07, 6.45) is 4.45. The SMILES string of the molecule is Cc1nc(CNC(=O)C2CC=CCC2C(=O)O)no1. The van der Waals surface area contributed by atoms with E-state index in [2.05, 4.69) is 15.5 Å². The molecule has 0 radical (unpaired) electrons. The second-order valence-corrected chi connectivity index (χ2v) is 4.44. The van der Waals surface area contributed by atoms with Crippen molar-refractivity contribution in [3.8, 4) is 0 Å². The number of carbonyl (C=O) groups is 2. The van der Waals surface area contributed by atoms with Gasteiger partial charge in [0.25, 0.3) is 0 Å². The Labute approximate surface area is 109 Å². The molecule has 0 saturated heterocycles. The smallest absolute Gasteiger partial charge is 0.307 e. The molecule has 0 fully saturated rings. The molecule has 2 atom stereocenters. The summed E-state index contributed by atoms with van der Waals surface area (Å²) in [5.74, 6) is -1.65. The number of rotatable bonds is 4. The zero-order chi connectivity index (χ0) is 13.8. The number of nitrogens with one attached hydrogen (secondary N) is 1. The maximum Gasteiger partial charge on any atom is 0.307 e. The van der Waals surface area contributed by atoms with Gasteiger partial charge in [-0.15, -0.1) is 0 Å². The molecule has 2 rings (SSSR count). The van der Waals surface area contributed by atoms with Crippen molar-refractivity contribution in [3.63, 3.8) is 0 Å². The van der Waals surface area contributed by atoms with Crippen LogP contribution >= 0.6 is 0 Å². The first-order valence-corrected chi connectivity index (χ1v) is 6.02. The molecular formula is C12H15N3O4. The highest BCUT2D eigenvalue weighted by Gasteiger charge is 2.33. The van der Waals surface area contributed by atoms with E-state index in [0.717, 1.165) is 0 Å². The van der Waals surface area contributed by atoms with E-state index in [4.69, 9.17) is 9.63 Å². The van der Waals surface area contributed by atoms with E-state index < -0.39 is 17.8 Å². The molecule has 0 saturated carbocycles. The normalized spacial score (nSPS) is 22.2. The Morgan fingerprint density at radius 2 is 2.11 bits per heavy atom. The van der Waals surface area contributed by atoms with Gasteiger partial charge in [-0.2, -0.15) is 4.98 Å². The Hall–Kier alpha value is -2.18. The van der Waals surface area contributed by atoms with Crippen LogP contribution in [0.4, 0.5) is 0 Å². The second-order valence-electron chi connectivity index (χ2n) is 4.44. The molecule has 7 nitrogen and oxygen atoms in total. The molecule has 0 spiro atoms. The van der Waals surface area contributed by atoms with Gasteiger partial charge in [-0.25, -0.2) is 0 Å². The lowest BCUT2D eigenvalue weighted by Gasteiger charge is -2.23. The Bertz CT molecular complexity index is 509. The predicted octanol–water partition coefficient (Wildman–Crippen LogP) is 0.661. The molecule has 1 aromatic heterocycles. The number of aliphatic carboxylic acids is 1. The summed E-state index contributed by atoms with van der Waals surface area (Å²) >= 11 is 0. The van der Waals surface area contributed by atoms with Crippen LogP contribution in [0.15, 0.2) is 16.7 Å². The van der Waals surface area contributed by atoms with Crippen LogP contribution < -0.4 is 5.32 Å². The minimum atomic E-state index is -0.945. The summed E-state index contributed by atoms with van der Waals surface area (Å²) in [5, 5.41) is 15.4. The highest BCUT2D eigenvalue weighted by molar-refractivity contribution is 5.85. The molecule has 1 aliphatic rings. The van der Waals surface area contributed by atoms with E-state index in [-0.39, 0.29) is 12.5 Å². The fourth-order valence-electron chi connectivity index (χ4n) is 2.09. The van der Waals surface area contributed by atoms with E-state index in [9.17, 15) is 9.59 Å². The van der Waals surface area contributed by atoms with E-state index >= 15 is 0 Å². The van der Waals surface area contributed by atoms with Gasteiger partial charge < -0.3 is 14.9 Å². The Morgan fingerprint density at radius 1 is 1.42 bits per heavy atom. The lowest BCUT2D eigenvalue weighted by Crippen LogP contribution is -2.38. The summed E-state index contributed by atoms with van der Waals surface area (Å²) in [6, 6.07) is 0. The molecule has 7 heteroatoms. The van der Waals surface area contributed by atoms with Crippen LogP contribution in [0.3, 0.4) is 0 Å². The van der Waals surface area contributed by atoms with Crippen LogP contribution in [0, 0.1) is 18.8 Å². The number of carbonyl (C=O) groups excluding carboxylic acids is 1. The molecule has 102 valence electrons. The van der Waals surface area contributed by atoms with Crippen LogP contribution in [0.25, 0.3) is 0 Å². The van der Waals surface area contributed by atoms with Crippen molar-refractivity contribution >= 4 is 11.9 Å². The zero-order valence-electron chi connectivity index (χ0n) is 10.5. The van der Waals surface area contributed by atoms with Gasteiger partial charge in [-0.1, -0.05) is 17.3 Å². The van der Waals surface area contributed by atoms with Gasteiger partial charge in [-0.05, 0) is 12.8 Å². The first-order valence-electron chi connectivity index (χ1n) is 6.02. The number of hydrogen-bond donors (Lipinski definition) is 2. The number of hydrogen-bond acceptors (Lipinski definition) is 5. The zero-order valence-corrected chi connectivity index (χ0v) is 10.5. The highest BCUT2D eigenvalue weighted by Crippen LogP contribution is 2.26. The van der Waals surface area contributed by atoms with Crippen LogP contribution in [-0.2, 0) is 16.1 Å². The number of nitrogens with zero attached hydrogens (tertiary/aromatic N) is 2. The van der Waals surface area contributed by atoms with Crippen molar-refractivity contribution in [1.29, 1.82) is 0 Å². The quantitative estimate of drug-likeness (QED) is 0.775. The molecule has 2 N–H and O–H groups in total. The number of aromatic nitrogens is 2. The minimum Gasteiger partial charge on any atom is -0.481 e. The molecule has 0 bridgehead atoms. The van der Waals surface area contributed by atoms with Gasteiger partial charge >= 0.3 is 5.97 Å². The molecule has 0 aliphatic heterocycles. The first-order chi connectivity index (χ1) is 9.08. The molecular weight excluding hydrogens is 250 g/mol. The van der Waals surface area contributed by atoms with Crippen molar-refractivity contribution < 1.29 is 19.2 Å². The summed E-state index contributed by atoms with van der Waals surface area (Å²) in [6.45, 7) is 1.80. The average molecular weight is 265 g/mol. The summed E-state index contributed by atoms with van der Waals surface area (Å²) in [5.41, 5.74) is 0. The lowest BCUT2D eigenvalue weighted by atomic mass is 9.82. The predicted molar refractivity (Wildman–Crippen MR) is 63.9 cm³/mol. The van der Waals surface area contributed by atoms with Gasteiger partial charge in [0.1, 0.15) is 0 Å². The van der Waals surface area contributed by atoms with E-state index in [1.165, 1.54) is 0 Å². The van der Waals surface area contributed by atoms with E-state index in [1.54, 1.807) is 13.0 Å². The average Bonchev–Trinajstić information content (AvgIpc) is 2.81. The van der Waals surface area contributed by atoms with Gasteiger partial charge in [-0.3, -0.25) is 9.59 Å². The fourth-order valence-corrected chi connectivity index (χ4v) is 2.09. The maximum atomic E-state index is 12.0. The van der Waals surface area contributed by atoms with Gasteiger partial charge in [0.2, 0.25) is 11.8 Å². The molecule has 0 aromatic carbocycles. The third-order valence-electron chi connectivity index (χ3n) is 3.08. The maximum absolute atomic E-state index is 12.0. The molecule has 1 amide bonds. The molecule has 1 aliphatic carbocycles. The Morgan fingerprint density at radius 3 is 2.68 bits per heavy atom. The minimum absolute atomic E-state index is 0.142. The number of amides is 1. The number of allylic oxidation sites excluding steroid dienone is 2. The third-order valence-corrected chi connectivity index (χ3v) is 3.08. The molecule has 1 aromatic rings. The van der Waals surface area contributed by atoms with Crippen LogP contribution in [0.1, 0.15) is 24.6 Å². The van der Waals surface area contributed by atoms with Crippen molar-refractivity contribution in [3.05, 3.63) is 23.9 Å². The third kappa shape index (κ3) is 3.18. The largest absolute Gasteiger partial charge is 0.481 e. The van der Waals surface area contributed by atoms with Crippen LogP contribution in [-0.4, -0.2) is 27.1 Å². The van der Waals surface area contributed by atoms with Crippen molar-refractivity contribution in [2.24, 2.45) is 11.8 Å². The lowest BCUT2D eigenvalue weighted by molar-refractivity contribution is -0.147. The molecule has 1 heterocycles. The summed E-state index contributed by atoms with van der Waals surface area (Å²) in [7, 11) is 0. The Balaban J connectivity index is 1.95. The van der Waals surface area contributed by atoms with Crippen LogP contribution in [0.5, 0.6) is 0 Å². The van der Waals surface area contributed by atoms with Crippen molar-refractivity contribution in [2.75, 3.05) is 0 Å². The topological polar surface area (TPSA) is 105 Å². The monoisotopic (exact) mass is 265 g/mol. The molecule has 19 heavy (non-hydrogen) atoms. The fraction of sp³-hybridized carbons (Fsp3) is 0.500. The number of carboxylic acids is 1. The summed E-state index contributed by atoms with van der Waals surface area (Å²) in [4.78, 5) is 27.1. The van der Waals surface area contributed by atoms with Gasteiger partial charge in [0.05, 0.1) is 18.4 Å². The first kappa shape index (κ1) is 13.3. The van der Waals surface area contributed by atoms with E-state index in [0.29, 0.717) is 24.6 Å². The molecule has 2 unspecified atom stereocenters.